The van der Waals surface area contributed by atoms with Crippen molar-refractivity contribution in [2.75, 3.05) is 75.2 Å². The quantitative estimate of drug-likeness (QED) is 0.322. The summed E-state index contributed by atoms with van der Waals surface area (Å²) in [6.07, 6.45) is 7.48. The average molecular weight is 634 g/mol. The molecule has 2 N–H and O–H groups in total. The van der Waals surface area contributed by atoms with E-state index in [1.807, 2.05) is 0 Å². The summed E-state index contributed by atoms with van der Waals surface area (Å²) in [5.41, 5.74) is 0. The van der Waals surface area contributed by atoms with Gasteiger partial charge in [0.15, 0.2) is 0 Å². The number of amides is 1. The number of alkyl halides is 4. The molecule has 0 aromatic carbocycles. The van der Waals surface area contributed by atoms with E-state index >= 15 is 17.6 Å². The number of piperazine rings is 2. The largest absolute Gasteiger partial charge is 0.338 e. The molecule has 5 aliphatic heterocycles. The van der Waals surface area contributed by atoms with E-state index in [0.29, 0.717) is 77.3 Å². The summed E-state index contributed by atoms with van der Waals surface area (Å²) < 4.78 is 63.1. The summed E-state index contributed by atoms with van der Waals surface area (Å²) in [7, 11) is 0. The van der Waals surface area contributed by atoms with Crippen molar-refractivity contribution in [2.24, 2.45) is 0 Å². The van der Waals surface area contributed by atoms with E-state index in [9.17, 15) is 4.79 Å². The fourth-order valence-corrected chi connectivity index (χ4v) is 8.01. The summed E-state index contributed by atoms with van der Waals surface area (Å²) in [5, 5.41) is 6.20. The van der Waals surface area contributed by atoms with Gasteiger partial charge in [0.25, 0.3) is 0 Å². The van der Waals surface area contributed by atoms with Gasteiger partial charge in [-0.15, -0.1) is 0 Å². The molecule has 0 radical (unpaired) electrons. The number of anilines is 2. The van der Waals surface area contributed by atoms with Crippen LogP contribution in [0.5, 0.6) is 0 Å². The molecular weight excluding hydrogens is 594 g/mol. The van der Waals surface area contributed by atoms with E-state index < -0.39 is 36.0 Å². The van der Waals surface area contributed by atoms with Gasteiger partial charge in [-0.3, -0.25) is 14.6 Å². The van der Waals surface area contributed by atoms with Crippen LogP contribution in [-0.2, 0) is 4.79 Å². The molecule has 12 nitrogen and oxygen atoms in total. The highest BCUT2D eigenvalue weighted by Gasteiger charge is 2.77. The van der Waals surface area contributed by atoms with Crippen LogP contribution < -0.4 is 20.4 Å². The topological polar surface area (TPSA) is 109 Å². The maximum Gasteiger partial charge on any atom is 0.333 e. The molecule has 0 spiro atoms. The van der Waals surface area contributed by atoms with Crippen molar-refractivity contribution < 1.29 is 22.4 Å². The minimum absolute atomic E-state index is 0.0974. The van der Waals surface area contributed by atoms with Crippen molar-refractivity contribution in [3.63, 3.8) is 0 Å². The van der Waals surface area contributed by atoms with Crippen LogP contribution in [0.2, 0.25) is 0 Å². The molecule has 7 rings (SSSR count). The average Bonchev–Trinajstić information content (AvgIpc) is 3.79. The third-order valence-electron chi connectivity index (χ3n) is 10.3. The van der Waals surface area contributed by atoms with Gasteiger partial charge in [-0.1, -0.05) is 0 Å². The number of likely N-dealkylation sites (tertiary alicyclic amines) is 1. The number of hydrogen-bond acceptors (Lipinski definition) is 11. The van der Waals surface area contributed by atoms with Gasteiger partial charge in [0, 0.05) is 114 Å². The summed E-state index contributed by atoms with van der Waals surface area (Å²) in [6, 6.07) is -2.46. The number of hydrogen-bond donors (Lipinski definition) is 2. The molecule has 2 aromatic rings. The van der Waals surface area contributed by atoms with Gasteiger partial charge in [-0.05, 0) is 25.0 Å². The Hall–Kier alpha value is -3.21. The van der Waals surface area contributed by atoms with Gasteiger partial charge in [0.05, 0.1) is 0 Å². The Morgan fingerprint density at radius 3 is 1.38 bits per heavy atom. The fourth-order valence-electron chi connectivity index (χ4n) is 8.01. The molecule has 45 heavy (non-hydrogen) atoms. The predicted molar refractivity (Wildman–Crippen MR) is 157 cm³/mol. The Bertz CT molecular complexity index is 1200. The summed E-state index contributed by atoms with van der Waals surface area (Å²) >= 11 is 0. The van der Waals surface area contributed by atoms with Crippen molar-refractivity contribution >= 4 is 18.3 Å². The molecule has 16 heteroatoms. The molecule has 5 saturated heterocycles. The first-order chi connectivity index (χ1) is 21.8. The Morgan fingerprint density at radius 2 is 1.02 bits per heavy atom. The van der Waals surface area contributed by atoms with E-state index in [2.05, 4.69) is 50.2 Å². The number of rotatable bonds is 7. The SMILES string of the molecule is O=CN1C([C@@H]2C[C@H](N3CCN(c4ncccn4)CC3)CN2)C(F)(F)C(F)(F)C1[C@@H]1C[C@H](N2CCN(c3ncccn3)CC2)CN1. The van der Waals surface area contributed by atoms with Crippen LogP contribution in [0.25, 0.3) is 0 Å². The van der Waals surface area contributed by atoms with E-state index in [0.717, 1.165) is 4.90 Å². The maximum absolute atomic E-state index is 15.8. The normalized spacial score (nSPS) is 34.0. The second kappa shape index (κ2) is 12.2. The van der Waals surface area contributed by atoms with Crippen molar-refractivity contribution in [2.45, 2.75) is 60.9 Å². The van der Waals surface area contributed by atoms with Crippen molar-refractivity contribution in [1.29, 1.82) is 0 Å². The molecule has 0 bridgehead atoms. The zero-order chi connectivity index (χ0) is 31.2. The van der Waals surface area contributed by atoms with Crippen LogP contribution >= 0.6 is 0 Å². The van der Waals surface area contributed by atoms with Crippen LogP contribution in [0, 0.1) is 0 Å². The number of aromatic nitrogens is 4. The van der Waals surface area contributed by atoms with E-state index in [4.69, 9.17) is 0 Å². The van der Waals surface area contributed by atoms with Gasteiger partial charge in [0.2, 0.25) is 18.3 Å². The van der Waals surface area contributed by atoms with Crippen molar-refractivity contribution in [3.8, 4) is 0 Å². The lowest BCUT2D eigenvalue weighted by Crippen LogP contribution is -2.54. The van der Waals surface area contributed by atoms with Crippen LogP contribution in [0.1, 0.15) is 12.8 Å². The lowest BCUT2D eigenvalue weighted by Gasteiger charge is -2.38. The van der Waals surface area contributed by atoms with Crippen LogP contribution in [0.3, 0.4) is 0 Å². The molecule has 2 aromatic heterocycles. The minimum Gasteiger partial charge on any atom is -0.338 e. The van der Waals surface area contributed by atoms with Crippen LogP contribution in [0.4, 0.5) is 29.5 Å². The molecule has 1 amide bonds. The van der Waals surface area contributed by atoms with Gasteiger partial charge < -0.3 is 25.3 Å². The first kappa shape index (κ1) is 30.4. The molecule has 6 atom stereocenters. The smallest absolute Gasteiger partial charge is 0.333 e. The standard InChI is InChI=1S/C29H39F4N11O/c30-28(31)24(22-15-20(17-38-22)40-7-11-42(12-8-40)26-34-3-1-4-35-26)44(19-45)25(29(28,32)33)23-16-21(18-39-23)41-9-13-43(14-10-41)27-36-5-2-6-37-27/h1-6,19-25,38-39H,7-18H2/t20-,21-,22-,23-,24?,25?/m0/s1. The first-order valence-electron chi connectivity index (χ1n) is 15.7. The molecule has 244 valence electrons. The molecule has 7 heterocycles. The third-order valence-corrected chi connectivity index (χ3v) is 10.3. The third kappa shape index (κ3) is 5.48. The molecule has 0 saturated carbocycles. The number of carbonyl (C=O) groups excluding carboxylic acids is 1. The Kier molecular flexibility index (Phi) is 8.25. The molecular formula is C29H39F4N11O. The Morgan fingerprint density at radius 1 is 0.644 bits per heavy atom. The van der Waals surface area contributed by atoms with Crippen LogP contribution in [-0.4, -0.2) is 155 Å². The summed E-state index contributed by atoms with van der Waals surface area (Å²) in [6.45, 7) is 6.19. The van der Waals surface area contributed by atoms with Gasteiger partial charge in [-0.25, -0.2) is 19.9 Å². The number of nitrogens with zero attached hydrogens (tertiary/aromatic N) is 9. The van der Waals surface area contributed by atoms with Gasteiger partial charge >= 0.3 is 11.8 Å². The maximum atomic E-state index is 15.8. The second-order valence-corrected chi connectivity index (χ2v) is 12.6. The van der Waals surface area contributed by atoms with Crippen molar-refractivity contribution in [1.82, 2.24) is 45.3 Å². The molecule has 5 fully saturated rings. The Labute approximate surface area is 259 Å². The zero-order valence-electron chi connectivity index (χ0n) is 24.9. The number of halogens is 4. The zero-order valence-corrected chi connectivity index (χ0v) is 24.9. The van der Waals surface area contributed by atoms with E-state index in [1.165, 1.54) is 0 Å². The number of nitrogens with one attached hydrogen (secondary N) is 2. The highest BCUT2D eigenvalue weighted by atomic mass is 19.3. The first-order valence-corrected chi connectivity index (χ1v) is 15.7. The molecule has 2 unspecified atom stereocenters. The van der Waals surface area contributed by atoms with E-state index in [1.54, 1.807) is 36.9 Å². The van der Waals surface area contributed by atoms with Gasteiger partial charge in [-0.2, -0.15) is 17.6 Å². The lowest BCUT2D eigenvalue weighted by molar-refractivity contribution is -0.202. The minimum atomic E-state index is -4.38. The second-order valence-electron chi connectivity index (χ2n) is 12.6. The summed E-state index contributed by atoms with van der Waals surface area (Å²) in [4.78, 5) is 38.8. The fraction of sp³-hybridized carbons (Fsp3) is 0.690. The van der Waals surface area contributed by atoms with Crippen molar-refractivity contribution in [3.05, 3.63) is 36.9 Å². The number of carbonyl (C=O) groups is 1. The highest BCUT2D eigenvalue weighted by molar-refractivity contribution is 5.52. The molecule has 0 aliphatic carbocycles. The summed E-state index contributed by atoms with van der Waals surface area (Å²) in [5.74, 6) is -7.47. The predicted octanol–water partition coefficient (Wildman–Crippen LogP) is 0.152. The van der Waals surface area contributed by atoms with E-state index in [-0.39, 0.29) is 31.3 Å². The van der Waals surface area contributed by atoms with Gasteiger partial charge in [0.1, 0.15) is 12.1 Å². The highest BCUT2D eigenvalue weighted by Crippen LogP contribution is 2.53. The monoisotopic (exact) mass is 633 g/mol. The Balaban J connectivity index is 0.985. The molecule has 5 aliphatic rings. The van der Waals surface area contributed by atoms with Crippen LogP contribution in [0.15, 0.2) is 36.9 Å². The lowest BCUT2D eigenvalue weighted by atomic mass is 9.94.